The van der Waals surface area contributed by atoms with Gasteiger partial charge in [-0.1, -0.05) is 0 Å². The standard InChI is InChI=1S/C13H20N4O/c1-9-7-10(18-2)4-6-17(9)12-8-16-5-3-11(12)13(14)15/h3,5,8-10H,4,6-7H2,1-2H3,(H3,14,15). The number of rotatable bonds is 3. The normalized spacial score (nSPS) is 24.0. The van der Waals surface area contributed by atoms with Crippen LogP contribution in [0.4, 0.5) is 5.69 Å². The number of nitrogen functional groups attached to an aromatic ring is 1. The second kappa shape index (κ2) is 5.35. The van der Waals surface area contributed by atoms with Crippen molar-refractivity contribution in [3.8, 4) is 0 Å². The van der Waals surface area contributed by atoms with Gasteiger partial charge >= 0.3 is 0 Å². The molecule has 0 spiro atoms. The average Bonchev–Trinajstić information content (AvgIpc) is 2.38. The molecule has 2 heterocycles. The predicted octanol–water partition coefficient (Wildman–Crippen LogP) is 1.37. The van der Waals surface area contributed by atoms with E-state index in [0.717, 1.165) is 30.6 Å². The highest BCUT2D eigenvalue weighted by molar-refractivity contribution is 6.00. The van der Waals surface area contributed by atoms with E-state index in [1.54, 1.807) is 25.6 Å². The molecule has 0 radical (unpaired) electrons. The SMILES string of the molecule is COC1CCN(c2cnccc2C(=N)N)C(C)C1. The zero-order valence-corrected chi connectivity index (χ0v) is 10.9. The highest BCUT2D eigenvalue weighted by Gasteiger charge is 2.27. The van der Waals surface area contributed by atoms with Gasteiger partial charge in [0.05, 0.1) is 18.0 Å². The first-order valence-corrected chi connectivity index (χ1v) is 6.21. The predicted molar refractivity (Wildman–Crippen MR) is 72.1 cm³/mol. The summed E-state index contributed by atoms with van der Waals surface area (Å²) in [5.41, 5.74) is 7.33. The molecule has 1 aliphatic rings. The van der Waals surface area contributed by atoms with Gasteiger partial charge in [-0.15, -0.1) is 0 Å². The van der Waals surface area contributed by atoms with Crippen molar-refractivity contribution in [2.75, 3.05) is 18.6 Å². The Morgan fingerprint density at radius 1 is 1.61 bits per heavy atom. The number of ether oxygens (including phenoxy) is 1. The lowest BCUT2D eigenvalue weighted by Crippen LogP contribution is -2.44. The van der Waals surface area contributed by atoms with Crippen molar-refractivity contribution >= 4 is 11.5 Å². The van der Waals surface area contributed by atoms with Crippen molar-refractivity contribution in [3.05, 3.63) is 24.0 Å². The van der Waals surface area contributed by atoms with Gasteiger partial charge in [0.1, 0.15) is 5.84 Å². The fraction of sp³-hybridized carbons (Fsp3) is 0.538. The molecule has 2 atom stereocenters. The van der Waals surface area contributed by atoms with Crippen LogP contribution in [0.15, 0.2) is 18.5 Å². The number of nitrogens with zero attached hydrogens (tertiary/aromatic N) is 2. The minimum Gasteiger partial charge on any atom is -0.384 e. The Hall–Kier alpha value is -1.62. The second-order valence-corrected chi connectivity index (χ2v) is 4.73. The minimum absolute atomic E-state index is 0.0912. The molecule has 2 unspecified atom stereocenters. The molecule has 5 nitrogen and oxygen atoms in total. The van der Waals surface area contributed by atoms with Crippen LogP contribution < -0.4 is 10.6 Å². The second-order valence-electron chi connectivity index (χ2n) is 4.73. The Balaban J connectivity index is 2.24. The summed E-state index contributed by atoms with van der Waals surface area (Å²) in [5.74, 6) is 0.0912. The van der Waals surface area contributed by atoms with Gasteiger partial charge in [-0.3, -0.25) is 10.4 Å². The van der Waals surface area contributed by atoms with Crippen molar-refractivity contribution in [3.63, 3.8) is 0 Å². The minimum atomic E-state index is 0.0912. The number of hydrogen-bond acceptors (Lipinski definition) is 4. The van der Waals surface area contributed by atoms with E-state index in [0.29, 0.717) is 12.1 Å². The first kappa shape index (κ1) is 12.8. The molecule has 0 amide bonds. The van der Waals surface area contributed by atoms with E-state index >= 15 is 0 Å². The van der Waals surface area contributed by atoms with Crippen LogP contribution in [-0.2, 0) is 4.74 Å². The van der Waals surface area contributed by atoms with E-state index in [4.69, 9.17) is 15.9 Å². The van der Waals surface area contributed by atoms with E-state index in [2.05, 4.69) is 16.8 Å². The highest BCUT2D eigenvalue weighted by atomic mass is 16.5. The molecule has 0 saturated carbocycles. The number of hydrogen-bond donors (Lipinski definition) is 2. The molecule has 3 N–H and O–H groups in total. The molecular weight excluding hydrogens is 228 g/mol. The van der Waals surface area contributed by atoms with Gasteiger partial charge in [-0.25, -0.2) is 0 Å². The van der Waals surface area contributed by atoms with Crippen LogP contribution in [0.3, 0.4) is 0 Å². The topological polar surface area (TPSA) is 75.2 Å². The third-order valence-corrected chi connectivity index (χ3v) is 3.56. The van der Waals surface area contributed by atoms with Crippen LogP contribution in [0.2, 0.25) is 0 Å². The number of methoxy groups -OCH3 is 1. The van der Waals surface area contributed by atoms with Crippen molar-refractivity contribution in [1.82, 2.24) is 4.98 Å². The Bertz CT molecular complexity index is 435. The molecule has 1 aliphatic heterocycles. The average molecular weight is 248 g/mol. The molecule has 0 bridgehead atoms. The van der Waals surface area contributed by atoms with Crippen LogP contribution >= 0.6 is 0 Å². The van der Waals surface area contributed by atoms with Gasteiger partial charge in [0, 0.05) is 31.5 Å². The Kier molecular flexibility index (Phi) is 3.81. The molecule has 1 aromatic rings. The molecule has 0 aliphatic carbocycles. The van der Waals surface area contributed by atoms with Gasteiger partial charge in [-0.2, -0.15) is 0 Å². The van der Waals surface area contributed by atoms with E-state index in [-0.39, 0.29) is 5.84 Å². The quantitative estimate of drug-likeness (QED) is 0.626. The van der Waals surface area contributed by atoms with Crippen molar-refractivity contribution in [1.29, 1.82) is 5.41 Å². The summed E-state index contributed by atoms with van der Waals surface area (Å²) in [6.07, 6.45) is 5.77. The number of piperidine rings is 1. The summed E-state index contributed by atoms with van der Waals surface area (Å²) in [6, 6.07) is 2.17. The molecule has 2 rings (SSSR count). The fourth-order valence-corrected chi connectivity index (χ4v) is 2.54. The zero-order valence-electron chi connectivity index (χ0n) is 10.9. The molecular formula is C13H20N4O. The van der Waals surface area contributed by atoms with Gasteiger partial charge in [-0.05, 0) is 25.8 Å². The maximum Gasteiger partial charge on any atom is 0.125 e. The van der Waals surface area contributed by atoms with Gasteiger partial charge < -0.3 is 15.4 Å². The third-order valence-electron chi connectivity index (χ3n) is 3.56. The number of amidine groups is 1. The fourth-order valence-electron chi connectivity index (χ4n) is 2.54. The summed E-state index contributed by atoms with van der Waals surface area (Å²) in [4.78, 5) is 6.41. The number of nitrogens with one attached hydrogen (secondary N) is 1. The van der Waals surface area contributed by atoms with E-state index in [1.165, 1.54) is 0 Å². The molecule has 1 fully saturated rings. The lowest BCUT2D eigenvalue weighted by Gasteiger charge is -2.39. The molecule has 1 aromatic heterocycles. The summed E-state index contributed by atoms with van der Waals surface area (Å²) in [6.45, 7) is 3.08. The van der Waals surface area contributed by atoms with Crippen LogP contribution in [0.1, 0.15) is 25.3 Å². The first-order valence-electron chi connectivity index (χ1n) is 6.21. The maximum absolute atomic E-state index is 7.64. The maximum atomic E-state index is 7.64. The smallest absolute Gasteiger partial charge is 0.125 e. The Morgan fingerprint density at radius 3 is 3.00 bits per heavy atom. The van der Waals surface area contributed by atoms with Crippen LogP contribution in [0.5, 0.6) is 0 Å². The van der Waals surface area contributed by atoms with E-state index in [9.17, 15) is 0 Å². The van der Waals surface area contributed by atoms with Gasteiger partial charge in [0.25, 0.3) is 0 Å². The van der Waals surface area contributed by atoms with Crippen molar-refractivity contribution < 1.29 is 4.74 Å². The third kappa shape index (κ3) is 2.46. The molecule has 0 aromatic carbocycles. The van der Waals surface area contributed by atoms with E-state index in [1.807, 2.05) is 0 Å². The summed E-state index contributed by atoms with van der Waals surface area (Å²) in [7, 11) is 1.76. The molecule has 98 valence electrons. The number of nitrogens with two attached hydrogens (primary N) is 1. The molecule has 1 saturated heterocycles. The van der Waals surface area contributed by atoms with Crippen LogP contribution in [-0.4, -0.2) is 36.6 Å². The van der Waals surface area contributed by atoms with Crippen molar-refractivity contribution in [2.24, 2.45) is 5.73 Å². The Morgan fingerprint density at radius 2 is 2.39 bits per heavy atom. The zero-order chi connectivity index (χ0) is 13.1. The summed E-state index contributed by atoms with van der Waals surface area (Å²) >= 11 is 0. The monoisotopic (exact) mass is 248 g/mol. The Labute approximate surface area is 107 Å². The first-order chi connectivity index (χ1) is 8.63. The summed E-state index contributed by atoms with van der Waals surface area (Å²) < 4.78 is 5.41. The van der Waals surface area contributed by atoms with Gasteiger partial charge in [0.15, 0.2) is 0 Å². The van der Waals surface area contributed by atoms with Crippen molar-refractivity contribution in [2.45, 2.75) is 31.9 Å². The molecule has 5 heteroatoms. The lowest BCUT2D eigenvalue weighted by atomic mass is 9.99. The largest absolute Gasteiger partial charge is 0.384 e. The molecule has 18 heavy (non-hydrogen) atoms. The summed E-state index contributed by atoms with van der Waals surface area (Å²) in [5, 5.41) is 7.64. The van der Waals surface area contributed by atoms with Crippen LogP contribution in [0.25, 0.3) is 0 Å². The lowest BCUT2D eigenvalue weighted by molar-refractivity contribution is 0.0721. The van der Waals surface area contributed by atoms with E-state index < -0.39 is 0 Å². The number of aromatic nitrogens is 1. The van der Waals surface area contributed by atoms with Gasteiger partial charge in [0.2, 0.25) is 0 Å². The number of pyridine rings is 1. The highest BCUT2D eigenvalue weighted by Crippen LogP contribution is 2.27. The van der Waals surface area contributed by atoms with Crippen LogP contribution in [0, 0.1) is 5.41 Å². The number of anilines is 1.